The smallest absolute Gasteiger partial charge is 0.308 e. The van der Waals surface area contributed by atoms with Gasteiger partial charge < -0.3 is 4.74 Å². The Labute approximate surface area is 162 Å². The minimum atomic E-state index is -0.324. The van der Waals surface area contributed by atoms with Gasteiger partial charge in [0.15, 0.2) is 0 Å². The van der Waals surface area contributed by atoms with E-state index in [0.29, 0.717) is 25.7 Å². The average molecular weight is 373 g/mol. The van der Waals surface area contributed by atoms with E-state index in [2.05, 4.69) is 6.92 Å². The number of carbonyl (C=O) groups is 3. The third-order valence-electron chi connectivity index (χ3n) is 5.63. The molecule has 0 heterocycles. The molecule has 0 amide bonds. The van der Waals surface area contributed by atoms with Crippen LogP contribution in [0.15, 0.2) is 30.3 Å². The van der Waals surface area contributed by atoms with Crippen LogP contribution in [-0.4, -0.2) is 23.6 Å². The molecule has 0 spiro atoms. The third-order valence-corrected chi connectivity index (χ3v) is 5.63. The number of ether oxygens (including phenoxy) is 1. The summed E-state index contributed by atoms with van der Waals surface area (Å²) < 4.78 is 5.65. The van der Waals surface area contributed by atoms with Crippen LogP contribution in [0, 0.1) is 17.8 Å². The van der Waals surface area contributed by atoms with Crippen LogP contribution in [0.2, 0.25) is 0 Å². The molecular weight excluding hydrogens is 340 g/mol. The van der Waals surface area contributed by atoms with Gasteiger partial charge in [0.25, 0.3) is 0 Å². The summed E-state index contributed by atoms with van der Waals surface area (Å²) in [5.41, 5.74) is 1.12. The quantitative estimate of drug-likeness (QED) is 0.566. The molecule has 4 heteroatoms. The molecule has 0 radical (unpaired) electrons. The number of ketones is 2. The Balaban J connectivity index is 1.92. The summed E-state index contributed by atoms with van der Waals surface area (Å²) in [5, 5.41) is 0. The largest absolute Gasteiger partial charge is 0.462 e. The molecule has 0 saturated heterocycles. The van der Waals surface area contributed by atoms with Crippen LogP contribution in [0.5, 0.6) is 0 Å². The average Bonchev–Trinajstić information content (AvgIpc) is 3.09. The number of hydrogen-bond donors (Lipinski definition) is 0. The highest BCUT2D eigenvalue weighted by atomic mass is 16.5. The van der Waals surface area contributed by atoms with E-state index in [-0.39, 0.29) is 41.4 Å². The van der Waals surface area contributed by atoms with Crippen molar-refractivity contribution in [3.8, 4) is 0 Å². The van der Waals surface area contributed by atoms with Gasteiger partial charge in [-0.15, -0.1) is 0 Å². The molecule has 1 saturated carbocycles. The van der Waals surface area contributed by atoms with Crippen molar-refractivity contribution >= 4 is 17.5 Å². The Bertz CT molecular complexity index is 637. The minimum absolute atomic E-state index is 0.0191. The van der Waals surface area contributed by atoms with E-state index in [0.717, 1.165) is 24.8 Å². The number of unbranched alkanes of at least 4 members (excludes halogenated alkanes) is 1. The van der Waals surface area contributed by atoms with Gasteiger partial charge in [-0.3, -0.25) is 14.4 Å². The fourth-order valence-electron chi connectivity index (χ4n) is 3.90. The fourth-order valence-corrected chi connectivity index (χ4v) is 3.90. The molecule has 1 unspecified atom stereocenters. The Morgan fingerprint density at radius 2 is 1.78 bits per heavy atom. The molecular formula is C23H32O4. The topological polar surface area (TPSA) is 60.4 Å². The van der Waals surface area contributed by atoms with E-state index in [9.17, 15) is 14.4 Å². The molecule has 2 rings (SSSR count). The molecule has 148 valence electrons. The highest BCUT2D eigenvalue weighted by molar-refractivity contribution is 5.89. The zero-order valence-corrected chi connectivity index (χ0v) is 16.8. The number of aryl methyl sites for hydroxylation is 1. The predicted octanol–water partition coefficient (Wildman–Crippen LogP) is 4.54. The summed E-state index contributed by atoms with van der Waals surface area (Å²) in [6, 6.07) is 9.89. The maximum Gasteiger partial charge on any atom is 0.308 e. The van der Waals surface area contributed by atoms with E-state index >= 15 is 0 Å². The van der Waals surface area contributed by atoms with E-state index in [1.54, 1.807) is 0 Å². The first-order valence-electron chi connectivity index (χ1n) is 10.2. The lowest BCUT2D eigenvalue weighted by Crippen LogP contribution is -2.24. The van der Waals surface area contributed by atoms with Gasteiger partial charge >= 0.3 is 5.97 Å². The van der Waals surface area contributed by atoms with Gasteiger partial charge in [-0.25, -0.2) is 0 Å². The van der Waals surface area contributed by atoms with Crippen LogP contribution in [0.4, 0.5) is 0 Å². The molecule has 1 aliphatic rings. The second kappa shape index (κ2) is 10.4. The predicted molar refractivity (Wildman–Crippen MR) is 105 cm³/mol. The number of Topliss-reactive ketones (excluding diaryl/α,β-unsaturated/α-hetero) is 2. The molecule has 1 aromatic rings. The van der Waals surface area contributed by atoms with E-state index in [1.807, 2.05) is 37.3 Å². The fraction of sp³-hybridized carbons (Fsp3) is 0.609. The van der Waals surface area contributed by atoms with Crippen LogP contribution in [0.1, 0.15) is 64.9 Å². The van der Waals surface area contributed by atoms with Gasteiger partial charge in [-0.2, -0.15) is 0 Å². The zero-order valence-electron chi connectivity index (χ0n) is 16.8. The number of rotatable bonds is 10. The van der Waals surface area contributed by atoms with Crippen molar-refractivity contribution in [1.82, 2.24) is 0 Å². The van der Waals surface area contributed by atoms with Crippen LogP contribution in [-0.2, 0) is 25.5 Å². The molecule has 1 aromatic carbocycles. The highest BCUT2D eigenvalue weighted by Gasteiger charge is 2.42. The number of benzene rings is 1. The summed E-state index contributed by atoms with van der Waals surface area (Å²) in [5.74, 6) is -0.851. The molecule has 27 heavy (non-hydrogen) atoms. The second-order valence-electron chi connectivity index (χ2n) is 7.85. The van der Waals surface area contributed by atoms with Gasteiger partial charge in [-0.1, -0.05) is 57.0 Å². The van der Waals surface area contributed by atoms with E-state index in [1.165, 1.54) is 6.92 Å². The van der Waals surface area contributed by atoms with Crippen LogP contribution >= 0.6 is 0 Å². The molecule has 1 aliphatic carbocycles. The van der Waals surface area contributed by atoms with Crippen LogP contribution in [0.25, 0.3) is 0 Å². The first kappa shape index (κ1) is 21.3. The summed E-state index contributed by atoms with van der Waals surface area (Å²) in [6.07, 6.45) is 4.60. The normalized spacial score (nSPS) is 23.0. The SMILES string of the molecule is CCCC[C@H](C)C(=O)O[C@H]1CC(C(=O)CCc2ccccc2)[C@H](C(C)=O)C1. The third kappa shape index (κ3) is 6.30. The number of carbonyl (C=O) groups excluding carboxylic acids is 3. The first-order chi connectivity index (χ1) is 12.9. The van der Waals surface area contributed by atoms with Crippen molar-refractivity contribution in [3.63, 3.8) is 0 Å². The van der Waals surface area contributed by atoms with E-state index in [4.69, 9.17) is 4.74 Å². The standard InChI is InChI=1S/C23H32O4/c1-4-5-9-16(2)23(26)27-19-14-20(17(3)24)21(15-19)22(25)13-12-18-10-7-6-8-11-18/h6-8,10-11,16,19-21H,4-5,9,12-15H2,1-3H3/t16-,19+,20-,21?/m0/s1. The van der Waals surface area contributed by atoms with Gasteiger partial charge in [0.2, 0.25) is 0 Å². The Kier molecular flexibility index (Phi) is 8.21. The Morgan fingerprint density at radius 3 is 2.41 bits per heavy atom. The monoisotopic (exact) mass is 372 g/mol. The molecule has 1 fully saturated rings. The van der Waals surface area contributed by atoms with Gasteiger partial charge in [0, 0.05) is 18.3 Å². The van der Waals surface area contributed by atoms with Crippen molar-refractivity contribution in [2.45, 2.75) is 71.8 Å². The second-order valence-corrected chi connectivity index (χ2v) is 7.85. The molecule has 0 bridgehead atoms. The first-order valence-corrected chi connectivity index (χ1v) is 10.2. The highest BCUT2D eigenvalue weighted by Crippen LogP contribution is 2.36. The number of esters is 1. The van der Waals surface area contributed by atoms with E-state index < -0.39 is 0 Å². The van der Waals surface area contributed by atoms with Gasteiger partial charge in [0.05, 0.1) is 5.92 Å². The van der Waals surface area contributed by atoms with Crippen LogP contribution in [0.3, 0.4) is 0 Å². The number of hydrogen-bond acceptors (Lipinski definition) is 4. The molecule has 0 aromatic heterocycles. The van der Waals surface area contributed by atoms with Gasteiger partial charge in [0.1, 0.15) is 17.7 Å². The van der Waals surface area contributed by atoms with Crippen LogP contribution < -0.4 is 0 Å². The molecule has 4 nitrogen and oxygen atoms in total. The van der Waals surface area contributed by atoms with Crippen molar-refractivity contribution in [2.24, 2.45) is 17.8 Å². The lowest BCUT2D eigenvalue weighted by molar-refractivity contribution is -0.154. The molecule has 4 atom stereocenters. The van der Waals surface area contributed by atoms with Crippen molar-refractivity contribution in [2.75, 3.05) is 0 Å². The lowest BCUT2D eigenvalue weighted by atomic mass is 9.87. The maximum absolute atomic E-state index is 12.7. The Morgan fingerprint density at radius 1 is 1.11 bits per heavy atom. The summed E-state index contributed by atoms with van der Waals surface area (Å²) in [4.78, 5) is 37.1. The maximum atomic E-state index is 12.7. The summed E-state index contributed by atoms with van der Waals surface area (Å²) in [6.45, 7) is 5.52. The van der Waals surface area contributed by atoms with Crippen molar-refractivity contribution in [1.29, 1.82) is 0 Å². The van der Waals surface area contributed by atoms with Gasteiger partial charge in [-0.05, 0) is 38.2 Å². The summed E-state index contributed by atoms with van der Waals surface area (Å²) >= 11 is 0. The zero-order chi connectivity index (χ0) is 19.8. The Hall–Kier alpha value is -1.97. The molecule has 0 aliphatic heterocycles. The molecule has 0 N–H and O–H groups in total. The minimum Gasteiger partial charge on any atom is -0.462 e. The summed E-state index contributed by atoms with van der Waals surface area (Å²) in [7, 11) is 0. The van der Waals surface area contributed by atoms with Crippen molar-refractivity contribution in [3.05, 3.63) is 35.9 Å². The van der Waals surface area contributed by atoms with Crippen molar-refractivity contribution < 1.29 is 19.1 Å². The lowest BCUT2D eigenvalue weighted by Gasteiger charge is -2.16.